The standard InChI is InChI=1S/C29H33N3O3/c1-35-27-18-22-8-3-2-7-21(22)17-25(27)29(34)31-24-13-11-20(12-14-24)28(33)30-19-23-9-6-16-32-15-5-4-10-26(23)32/h2-3,7-8,11-14,17-18,23,26H,4-6,9-10,15-16,19H2,1H3,(H,30,33)(H,31,34). The van der Waals surface area contributed by atoms with Gasteiger partial charge in [-0.1, -0.05) is 30.7 Å². The van der Waals surface area contributed by atoms with E-state index in [0.717, 1.165) is 17.3 Å². The number of ether oxygens (including phenoxy) is 1. The van der Waals surface area contributed by atoms with Crippen LogP contribution in [0.15, 0.2) is 60.7 Å². The number of methoxy groups -OCH3 is 1. The summed E-state index contributed by atoms with van der Waals surface area (Å²) in [6.45, 7) is 3.13. The summed E-state index contributed by atoms with van der Waals surface area (Å²) in [6.07, 6.45) is 6.24. The number of fused-ring (bicyclic) bond motifs is 2. The predicted octanol–water partition coefficient (Wildman–Crippen LogP) is 5.10. The first-order valence-corrected chi connectivity index (χ1v) is 12.6. The number of amides is 2. The number of carbonyl (C=O) groups is 2. The molecule has 0 aliphatic carbocycles. The molecule has 5 rings (SSSR count). The average molecular weight is 472 g/mol. The Hall–Kier alpha value is -3.38. The third kappa shape index (κ3) is 5.17. The summed E-state index contributed by atoms with van der Waals surface area (Å²) in [6, 6.07) is 19.2. The molecule has 0 spiro atoms. The molecule has 2 heterocycles. The number of carbonyl (C=O) groups excluding carboxylic acids is 2. The Labute approximate surface area is 206 Å². The van der Waals surface area contributed by atoms with E-state index in [1.807, 2.05) is 36.4 Å². The Morgan fingerprint density at radius 2 is 1.66 bits per heavy atom. The summed E-state index contributed by atoms with van der Waals surface area (Å²) in [4.78, 5) is 28.4. The number of hydrogen-bond acceptors (Lipinski definition) is 4. The molecular formula is C29H33N3O3. The van der Waals surface area contributed by atoms with Crippen molar-refractivity contribution in [2.75, 3.05) is 32.1 Å². The molecule has 2 aliphatic rings. The fourth-order valence-corrected chi connectivity index (χ4v) is 5.61. The highest BCUT2D eigenvalue weighted by Gasteiger charge is 2.32. The minimum absolute atomic E-state index is 0.0630. The molecule has 3 aromatic rings. The molecule has 2 atom stereocenters. The van der Waals surface area contributed by atoms with Gasteiger partial charge in [0.25, 0.3) is 11.8 Å². The summed E-state index contributed by atoms with van der Waals surface area (Å²) in [7, 11) is 1.56. The van der Waals surface area contributed by atoms with Gasteiger partial charge >= 0.3 is 0 Å². The maximum atomic E-state index is 13.0. The highest BCUT2D eigenvalue weighted by molar-refractivity contribution is 6.09. The molecule has 35 heavy (non-hydrogen) atoms. The third-order valence-electron chi connectivity index (χ3n) is 7.47. The fourth-order valence-electron chi connectivity index (χ4n) is 5.61. The van der Waals surface area contributed by atoms with E-state index in [4.69, 9.17) is 4.74 Å². The van der Waals surface area contributed by atoms with Crippen LogP contribution in [0.25, 0.3) is 10.8 Å². The van der Waals surface area contributed by atoms with Gasteiger partial charge in [0.1, 0.15) is 5.75 Å². The Morgan fingerprint density at radius 1 is 0.914 bits per heavy atom. The van der Waals surface area contributed by atoms with Crippen LogP contribution in [0.3, 0.4) is 0 Å². The predicted molar refractivity (Wildman–Crippen MR) is 139 cm³/mol. The lowest BCUT2D eigenvalue weighted by molar-refractivity contribution is 0.0575. The monoisotopic (exact) mass is 471 g/mol. The van der Waals surface area contributed by atoms with Gasteiger partial charge in [-0.2, -0.15) is 0 Å². The van der Waals surface area contributed by atoms with E-state index < -0.39 is 0 Å². The molecule has 2 aliphatic heterocycles. The minimum Gasteiger partial charge on any atom is -0.496 e. The summed E-state index contributed by atoms with van der Waals surface area (Å²) in [5.74, 6) is 0.742. The lowest BCUT2D eigenvalue weighted by Gasteiger charge is -2.44. The first-order valence-electron chi connectivity index (χ1n) is 12.6. The number of hydrogen-bond donors (Lipinski definition) is 2. The minimum atomic E-state index is -0.251. The maximum absolute atomic E-state index is 13.0. The van der Waals surface area contributed by atoms with Crippen molar-refractivity contribution >= 4 is 28.3 Å². The van der Waals surface area contributed by atoms with Gasteiger partial charge in [0.05, 0.1) is 12.7 Å². The largest absolute Gasteiger partial charge is 0.496 e. The Morgan fingerprint density at radius 3 is 2.43 bits per heavy atom. The van der Waals surface area contributed by atoms with E-state index in [0.29, 0.717) is 34.5 Å². The fraction of sp³-hybridized carbons (Fsp3) is 0.379. The zero-order chi connectivity index (χ0) is 24.2. The van der Waals surface area contributed by atoms with E-state index >= 15 is 0 Å². The number of rotatable bonds is 6. The van der Waals surface area contributed by atoms with Gasteiger partial charge in [-0.25, -0.2) is 0 Å². The molecule has 0 aromatic heterocycles. The van der Waals surface area contributed by atoms with E-state index in [1.165, 1.54) is 45.2 Å². The van der Waals surface area contributed by atoms with Crippen LogP contribution < -0.4 is 15.4 Å². The average Bonchev–Trinajstić information content (AvgIpc) is 2.91. The second-order valence-corrected chi connectivity index (χ2v) is 9.64. The van der Waals surface area contributed by atoms with Crippen LogP contribution in [0.1, 0.15) is 52.8 Å². The molecule has 2 fully saturated rings. The number of nitrogens with zero attached hydrogens (tertiary/aromatic N) is 1. The van der Waals surface area contributed by atoms with E-state index in [-0.39, 0.29) is 11.8 Å². The Bertz CT molecular complexity index is 1210. The molecule has 3 aromatic carbocycles. The van der Waals surface area contributed by atoms with Gasteiger partial charge in [0.15, 0.2) is 0 Å². The zero-order valence-electron chi connectivity index (χ0n) is 20.3. The van der Waals surface area contributed by atoms with Crippen molar-refractivity contribution in [2.45, 2.75) is 38.1 Å². The van der Waals surface area contributed by atoms with Gasteiger partial charge in [-0.15, -0.1) is 0 Å². The molecular weight excluding hydrogens is 438 g/mol. The molecule has 2 unspecified atom stereocenters. The Kier molecular flexibility index (Phi) is 7.00. The maximum Gasteiger partial charge on any atom is 0.259 e. The van der Waals surface area contributed by atoms with Gasteiger partial charge in [0, 0.05) is 23.8 Å². The molecule has 2 amide bonds. The lowest BCUT2D eigenvalue weighted by Crippen LogP contribution is -2.51. The van der Waals surface area contributed by atoms with Crippen molar-refractivity contribution in [3.63, 3.8) is 0 Å². The third-order valence-corrected chi connectivity index (χ3v) is 7.47. The highest BCUT2D eigenvalue weighted by atomic mass is 16.5. The normalized spacial score (nSPS) is 20.1. The summed E-state index contributed by atoms with van der Waals surface area (Å²) >= 11 is 0. The van der Waals surface area contributed by atoms with Crippen LogP contribution in [0.2, 0.25) is 0 Å². The van der Waals surface area contributed by atoms with Crippen LogP contribution in [0.5, 0.6) is 5.75 Å². The smallest absolute Gasteiger partial charge is 0.259 e. The lowest BCUT2D eigenvalue weighted by atomic mass is 9.83. The van der Waals surface area contributed by atoms with Crippen molar-refractivity contribution in [1.29, 1.82) is 0 Å². The first-order chi connectivity index (χ1) is 17.1. The highest BCUT2D eigenvalue weighted by Crippen LogP contribution is 2.30. The quantitative estimate of drug-likeness (QED) is 0.525. The molecule has 2 saturated heterocycles. The summed E-state index contributed by atoms with van der Waals surface area (Å²) in [5.41, 5.74) is 1.70. The van der Waals surface area contributed by atoms with Gasteiger partial charge in [-0.3, -0.25) is 9.59 Å². The van der Waals surface area contributed by atoms with E-state index in [9.17, 15) is 9.59 Å². The van der Waals surface area contributed by atoms with Crippen LogP contribution in [-0.4, -0.2) is 49.5 Å². The number of anilines is 1. The second-order valence-electron chi connectivity index (χ2n) is 9.64. The molecule has 0 radical (unpaired) electrons. The summed E-state index contributed by atoms with van der Waals surface area (Å²) < 4.78 is 5.46. The van der Waals surface area contributed by atoms with Crippen molar-refractivity contribution in [3.05, 3.63) is 71.8 Å². The number of piperidine rings is 2. The van der Waals surface area contributed by atoms with Crippen LogP contribution in [0.4, 0.5) is 5.69 Å². The molecule has 0 saturated carbocycles. The molecule has 0 bridgehead atoms. The number of benzene rings is 3. The van der Waals surface area contributed by atoms with Crippen molar-refractivity contribution in [1.82, 2.24) is 10.2 Å². The van der Waals surface area contributed by atoms with Gasteiger partial charge < -0.3 is 20.3 Å². The topological polar surface area (TPSA) is 70.7 Å². The second kappa shape index (κ2) is 10.5. The molecule has 6 heteroatoms. The van der Waals surface area contributed by atoms with Crippen LogP contribution in [-0.2, 0) is 0 Å². The zero-order valence-corrected chi connectivity index (χ0v) is 20.3. The van der Waals surface area contributed by atoms with Crippen LogP contribution >= 0.6 is 0 Å². The Balaban J connectivity index is 1.21. The van der Waals surface area contributed by atoms with Gasteiger partial charge in [-0.05, 0) is 91.9 Å². The molecule has 6 nitrogen and oxygen atoms in total. The van der Waals surface area contributed by atoms with E-state index in [2.05, 4.69) is 15.5 Å². The van der Waals surface area contributed by atoms with Crippen LogP contribution in [0, 0.1) is 5.92 Å². The number of nitrogens with one attached hydrogen (secondary N) is 2. The van der Waals surface area contributed by atoms with Crippen molar-refractivity contribution in [3.8, 4) is 5.75 Å². The van der Waals surface area contributed by atoms with Crippen molar-refractivity contribution in [2.24, 2.45) is 5.92 Å². The van der Waals surface area contributed by atoms with E-state index in [1.54, 1.807) is 31.4 Å². The molecule has 182 valence electrons. The van der Waals surface area contributed by atoms with Crippen molar-refractivity contribution < 1.29 is 14.3 Å². The SMILES string of the molecule is COc1cc2ccccc2cc1C(=O)Nc1ccc(C(=O)NCC2CCCN3CCCCC23)cc1. The molecule has 2 N–H and O–H groups in total. The van der Waals surface area contributed by atoms with Gasteiger partial charge in [0.2, 0.25) is 0 Å². The summed E-state index contributed by atoms with van der Waals surface area (Å²) in [5, 5.41) is 8.06. The first kappa shape index (κ1) is 23.4.